The van der Waals surface area contributed by atoms with E-state index in [0.29, 0.717) is 4.57 Å². The van der Waals surface area contributed by atoms with Crippen molar-refractivity contribution in [3.8, 4) is 0 Å². The topological polar surface area (TPSA) is 227 Å². The first-order chi connectivity index (χ1) is 14.3. The summed E-state index contributed by atoms with van der Waals surface area (Å²) in [6, 6.07) is 0.772. The largest absolute Gasteiger partial charge is 0.490 e. The molecule has 1 aromatic rings. The molecule has 22 heteroatoms. The highest BCUT2D eigenvalue weighted by Gasteiger charge is 2.67. The summed E-state index contributed by atoms with van der Waals surface area (Å²) >= 11 is 4.73. The Kier molecular flexibility index (Phi) is 7.82. The molecular formula is C10H14F3N2O13P3S. The van der Waals surface area contributed by atoms with Crippen molar-refractivity contribution in [3.63, 3.8) is 0 Å². The van der Waals surface area contributed by atoms with Crippen LogP contribution in [-0.4, -0.2) is 65.1 Å². The molecule has 2 heterocycles. The molecule has 3 unspecified atom stereocenters. The lowest BCUT2D eigenvalue weighted by molar-refractivity contribution is -0.204. The number of hydrogen-bond acceptors (Lipinski definition) is 10. The molecule has 15 nitrogen and oxygen atoms in total. The van der Waals surface area contributed by atoms with Crippen LogP contribution in [0.15, 0.2) is 17.1 Å². The number of aliphatic hydroxyl groups excluding tert-OH is 1. The van der Waals surface area contributed by atoms with Crippen LogP contribution >= 0.6 is 35.7 Å². The summed E-state index contributed by atoms with van der Waals surface area (Å²) in [4.78, 5) is 48.5. The van der Waals surface area contributed by atoms with E-state index >= 15 is 8.78 Å². The summed E-state index contributed by atoms with van der Waals surface area (Å²) in [5.41, 5.74) is -4.35. The minimum Gasteiger partial charge on any atom is -0.383 e. The van der Waals surface area contributed by atoms with Gasteiger partial charge in [0.2, 0.25) is 5.67 Å². The number of phosphoric ester groups is 1. The fraction of sp³-hybridized carbons (Fsp3) is 0.600. The van der Waals surface area contributed by atoms with E-state index in [1.54, 1.807) is 0 Å². The lowest BCUT2D eigenvalue weighted by Gasteiger charge is -2.26. The van der Waals surface area contributed by atoms with Crippen molar-refractivity contribution in [2.45, 2.75) is 23.9 Å². The van der Waals surface area contributed by atoms with Crippen molar-refractivity contribution in [1.82, 2.24) is 9.55 Å². The van der Waals surface area contributed by atoms with E-state index in [-0.39, 0.29) is 0 Å². The number of nitrogens with one attached hydrogen (secondary N) is 1. The lowest BCUT2D eigenvalue weighted by atomic mass is 9.96. The highest BCUT2D eigenvalue weighted by atomic mass is 32.1. The summed E-state index contributed by atoms with van der Waals surface area (Å²) < 4.78 is 92.5. The van der Waals surface area contributed by atoms with Crippen LogP contribution in [0.2, 0.25) is 0 Å². The SMILES string of the molecule is O=c1ccn([C@@H]2O[C@](F)(COP(=O)(O)OP(=O)(O)OP(=O)(O)O)C(O)[C@]2(F)CF)c(=S)[nH]1. The molecule has 1 aromatic heterocycles. The van der Waals surface area contributed by atoms with Gasteiger partial charge in [0.1, 0.15) is 13.3 Å². The van der Waals surface area contributed by atoms with Gasteiger partial charge in [-0.05, 0) is 12.2 Å². The van der Waals surface area contributed by atoms with Gasteiger partial charge in [-0.25, -0.2) is 26.9 Å². The maximum absolute atomic E-state index is 15.1. The Morgan fingerprint density at radius 2 is 1.78 bits per heavy atom. The van der Waals surface area contributed by atoms with Crippen LogP contribution in [0.1, 0.15) is 6.23 Å². The lowest BCUT2D eigenvalue weighted by Crippen LogP contribution is -2.49. The summed E-state index contributed by atoms with van der Waals surface area (Å²) in [6.07, 6.45) is -4.65. The number of aromatic amines is 1. The normalized spacial score (nSPS) is 32.4. The Bertz CT molecular complexity index is 1130. The third kappa shape index (κ3) is 6.21. The standard InChI is InChI=1S/C10H14F3N2O13P3S/c11-3-9(12)6(17)10(13,26-7(9)15-2-1-5(16)14-8(15)32)4-25-30(21,22)28-31(23,24)27-29(18,19)20/h1-2,6-7,17H,3-4H2,(H,21,22)(H,23,24)(H,14,16,32)(H2,18,19,20)/t6?,7-,9-,10-/m1/s1. The van der Waals surface area contributed by atoms with Crippen LogP contribution in [0.5, 0.6) is 0 Å². The predicted octanol–water partition coefficient (Wildman–Crippen LogP) is 0.482. The third-order valence-electron chi connectivity index (χ3n) is 3.73. The number of rotatable bonds is 9. The van der Waals surface area contributed by atoms with E-state index in [0.717, 1.165) is 12.3 Å². The molecule has 0 amide bonds. The summed E-state index contributed by atoms with van der Waals surface area (Å²) in [6.45, 7) is -4.02. The van der Waals surface area contributed by atoms with E-state index in [4.69, 9.17) is 26.9 Å². The van der Waals surface area contributed by atoms with Crippen molar-refractivity contribution in [2.24, 2.45) is 0 Å². The van der Waals surface area contributed by atoms with Crippen LogP contribution < -0.4 is 5.56 Å². The summed E-state index contributed by atoms with van der Waals surface area (Å²) in [5.74, 6) is -3.80. The van der Waals surface area contributed by atoms with Gasteiger partial charge in [0, 0.05) is 12.3 Å². The Labute approximate surface area is 179 Å². The number of nitrogens with zero attached hydrogens (tertiary/aromatic N) is 1. The maximum Gasteiger partial charge on any atom is 0.490 e. The van der Waals surface area contributed by atoms with Gasteiger partial charge in [-0.1, -0.05) is 0 Å². The highest BCUT2D eigenvalue weighted by molar-refractivity contribution is 7.71. The number of aromatic nitrogens is 2. The number of hydrogen-bond donors (Lipinski definition) is 6. The maximum atomic E-state index is 15.1. The molecular weight excluding hydrogens is 538 g/mol. The van der Waals surface area contributed by atoms with Gasteiger partial charge in [0.15, 0.2) is 17.1 Å². The Hall–Kier alpha value is -0.780. The molecule has 184 valence electrons. The number of halogens is 3. The molecule has 1 fully saturated rings. The Morgan fingerprint density at radius 3 is 2.28 bits per heavy atom. The first kappa shape index (κ1) is 27.5. The third-order valence-corrected chi connectivity index (χ3v) is 7.83. The van der Waals surface area contributed by atoms with Gasteiger partial charge in [-0.2, -0.15) is 8.62 Å². The molecule has 0 spiro atoms. The molecule has 32 heavy (non-hydrogen) atoms. The summed E-state index contributed by atoms with van der Waals surface area (Å²) in [7, 11) is -17.5. The van der Waals surface area contributed by atoms with Crippen molar-refractivity contribution in [1.29, 1.82) is 0 Å². The van der Waals surface area contributed by atoms with E-state index in [1.165, 1.54) is 0 Å². The van der Waals surface area contributed by atoms with Crippen LogP contribution in [-0.2, 0) is 31.6 Å². The zero-order valence-corrected chi connectivity index (χ0v) is 18.6. The van der Waals surface area contributed by atoms with Gasteiger partial charge in [0.05, 0.1) is 0 Å². The molecule has 1 saturated heterocycles. The first-order valence-electron chi connectivity index (χ1n) is 7.74. The minimum atomic E-state index is -5.95. The van der Waals surface area contributed by atoms with Gasteiger partial charge < -0.3 is 29.4 Å². The van der Waals surface area contributed by atoms with E-state index in [1.807, 2.05) is 4.98 Å². The molecule has 1 aliphatic heterocycles. The molecule has 0 bridgehead atoms. The van der Waals surface area contributed by atoms with Crippen molar-refractivity contribution < 1.29 is 69.4 Å². The van der Waals surface area contributed by atoms with Crippen LogP contribution in [0, 0.1) is 4.77 Å². The fourth-order valence-electron chi connectivity index (χ4n) is 2.47. The van der Waals surface area contributed by atoms with Crippen molar-refractivity contribution in [2.75, 3.05) is 13.3 Å². The Balaban J connectivity index is 2.27. The molecule has 6 N–H and O–H groups in total. The number of phosphoric acid groups is 3. The average molecular weight is 552 g/mol. The summed E-state index contributed by atoms with van der Waals surface area (Å²) in [5, 5.41) is 9.97. The van der Waals surface area contributed by atoms with E-state index in [2.05, 4.69) is 17.9 Å². The minimum absolute atomic E-state index is 0.520. The van der Waals surface area contributed by atoms with Crippen molar-refractivity contribution >= 4 is 35.7 Å². The molecule has 0 saturated carbocycles. The zero-order chi connectivity index (χ0) is 24.8. The number of alkyl halides is 3. The van der Waals surface area contributed by atoms with Crippen LogP contribution in [0.3, 0.4) is 0 Å². The monoisotopic (exact) mass is 552 g/mol. The number of H-pyrrole nitrogens is 1. The van der Waals surface area contributed by atoms with Gasteiger partial charge >= 0.3 is 23.5 Å². The second-order valence-electron chi connectivity index (χ2n) is 6.10. The van der Waals surface area contributed by atoms with Gasteiger partial charge in [-0.15, -0.1) is 0 Å². The van der Waals surface area contributed by atoms with Crippen LogP contribution in [0.25, 0.3) is 0 Å². The highest BCUT2D eigenvalue weighted by Crippen LogP contribution is 2.66. The fourth-order valence-corrected chi connectivity index (χ4v) is 5.76. The first-order valence-corrected chi connectivity index (χ1v) is 12.7. The Morgan fingerprint density at radius 1 is 1.19 bits per heavy atom. The van der Waals surface area contributed by atoms with Crippen molar-refractivity contribution in [3.05, 3.63) is 27.4 Å². The predicted molar refractivity (Wildman–Crippen MR) is 95.5 cm³/mol. The quantitative estimate of drug-likeness (QED) is 0.181. The van der Waals surface area contributed by atoms with Gasteiger partial charge in [0.25, 0.3) is 11.4 Å². The van der Waals surface area contributed by atoms with E-state index in [9.17, 15) is 32.9 Å². The number of aliphatic hydroxyl groups is 1. The molecule has 6 atom stereocenters. The second-order valence-corrected chi connectivity index (χ2v) is 10.9. The molecule has 2 rings (SSSR count). The van der Waals surface area contributed by atoms with E-state index < -0.39 is 70.9 Å². The molecule has 0 aliphatic carbocycles. The van der Waals surface area contributed by atoms with Gasteiger partial charge in [-0.3, -0.25) is 18.9 Å². The number of ether oxygens (including phenoxy) is 1. The average Bonchev–Trinajstić information content (AvgIpc) is 2.80. The smallest absolute Gasteiger partial charge is 0.383 e. The zero-order valence-electron chi connectivity index (χ0n) is 15.1. The molecule has 1 aliphatic rings. The van der Waals surface area contributed by atoms with Crippen LogP contribution in [0.4, 0.5) is 13.2 Å². The molecule has 0 radical (unpaired) electrons. The second kappa shape index (κ2) is 9.11. The molecule has 0 aromatic carbocycles.